The molecule has 1 N–H and O–H groups in total. The maximum Gasteiger partial charge on any atom is 0.303 e. The molecule has 1 aliphatic heterocycles. The maximum absolute atomic E-state index is 10.6. The summed E-state index contributed by atoms with van der Waals surface area (Å²) in [5.74, 6) is 0.549. The molecule has 2 aromatic rings. The SMILES string of the molecule is O=C(O)CC1CN(Cc2nnc(-c3ccc(Br)cc3)o2)C1. The van der Waals surface area contributed by atoms with Crippen molar-refractivity contribution in [1.82, 2.24) is 15.1 Å². The number of rotatable bonds is 5. The fourth-order valence-corrected chi connectivity index (χ4v) is 2.66. The number of carbonyl (C=O) groups is 1. The molecular formula is C14H14BrN3O3. The maximum atomic E-state index is 10.6. The highest BCUT2D eigenvalue weighted by Crippen LogP contribution is 2.24. The van der Waals surface area contributed by atoms with Gasteiger partial charge in [0.15, 0.2) is 0 Å². The van der Waals surface area contributed by atoms with Crippen LogP contribution in [0.5, 0.6) is 0 Å². The minimum Gasteiger partial charge on any atom is -0.481 e. The molecule has 3 rings (SSSR count). The van der Waals surface area contributed by atoms with Crippen LogP contribution >= 0.6 is 15.9 Å². The number of aromatic nitrogens is 2. The normalized spacial score (nSPS) is 15.9. The molecule has 1 aliphatic rings. The lowest BCUT2D eigenvalue weighted by Gasteiger charge is -2.37. The molecule has 1 aromatic heterocycles. The van der Waals surface area contributed by atoms with Crippen LogP contribution < -0.4 is 0 Å². The van der Waals surface area contributed by atoms with E-state index >= 15 is 0 Å². The Kier molecular flexibility index (Phi) is 4.03. The zero-order valence-electron chi connectivity index (χ0n) is 11.2. The van der Waals surface area contributed by atoms with Crippen molar-refractivity contribution in [2.24, 2.45) is 5.92 Å². The number of likely N-dealkylation sites (tertiary alicyclic amines) is 1. The van der Waals surface area contributed by atoms with Crippen LogP contribution in [0.1, 0.15) is 12.3 Å². The van der Waals surface area contributed by atoms with Crippen LogP contribution in [0.2, 0.25) is 0 Å². The summed E-state index contributed by atoms with van der Waals surface area (Å²) >= 11 is 3.38. The molecule has 0 aliphatic carbocycles. The number of nitrogens with zero attached hydrogens (tertiary/aromatic N) is 3. The van der Waals surface area contributed by atoms with Gasteiger partial charge in [-0.1, -0.05) is 15.9 Å². The number of benzene rings is 1. The highest BCUT2D eigenvalue weighted by molar-refractivity contribution is 9.10. The molecule has 1 fully saturated rings. The number of halogens is 1. The molecule has 0 bridgehead atoms. The average Bonchev–Trinajstić information content (AvgIpc) is 2.85. The Bertz CT molecular complexity index is 635. The Morgan fingerprint density at radius 1 is 1.33 bits per heavy atom. The van der Waals surface area contributed by atoms with E-state index in [2.05, 4.69) is 31.0 Å². The Morgan fingerprint density at radius 2 is 2.05 bits per heavy atom. The first-order valence-corrected chi connectivity index (χ1v) is 7.42. The summed E-state index contributed by atoms with van der Waals surface area (Å²) in [5, 5.41) is 16.8. The van der Waals surface area contributed by atoms with Gasteiger partial charge in [-0.2, -0.15) is 0 Å². The first-order valence-electron chi connectivity index (χ1n) is 6.62. The minimum absolute atomic E-state index is 0.227. The van der Waals surface area contributed by atoms with E-state index in [4.69, 9.17) is 9.52 Å². The van der Waals surface area contributed by atoms with E-state index in [9.17, 15) is 4.79 Å². The summed E-state index contributed by atoms with van der Waals surface area (Å²) in [6, 6.07) is 7.66. The Labute approximate surface area is 129 Å². The second kappa shape index (κ2) is 5.95. The first kappa shape index (κ1) is 14.2. The molecule has 6 nitrogen and oxygen atoms in total. The molecule has 7 heteroatoms. The lowest BCUT2D eigenvalue weighted by atomic mass is 9.97. The van der Waals surface area contributed by atoms with E-state index < -0.39 is 5.97 Å². The molecule has 0 radical (unpaired) electrons. The van der Waals surface area contributed by atoms with Crippen LogP contribution in [0.3, 0.4) is 0 Å². The monoisotopic (exact) mass is 351 g/mol. The third-order valence-corrected chi connectivity index (χ3v) is 3.94. The van der Waals surface area contributed by atoms with E-state index in [-0.39, 0.29) is 12.3 Å². The Balaban J connectivity index is 1.57. The molecule has 0 saturated carbocycles. The number of aliphatic carboxylic acids is 1. The smallest absolute Gasteiger partial charge is 0.303 e. The predicted octanol–water partition coefficient (Wildman–Crippen LogP) is 2.41. The molecule has 0 unspecified atom stereocenters. The van der Waals surface area contributed by atoms with Crippen LogP contribution in [0.25, 0.3) is 11.5 Å². The molecule has 0 atom stereocenters. The molecule has 21 heavy (non-hydrogen) atoms. The molecular weight excluding hydrogens is 338 g/mol. The van der Waals surface area contributed by atoms with Gasteiger partial charge in [0.25, 0.3) is 0 Å². The van der Waals surface area contributed by atoms with Crippen molar-refractivity contribution in [3.63, 3.8) is 0 Å². The molecule has 110 valence electrons. The zero-order valence-corrected chi connectivity index (χ0v) is 12.8. The van der Waals surface area contributed by atoms with Crippen molar-refractivity contribution in [3.8, 4) is 11.5 Å². The summed E-state index contributed by atoms with van der Waals surface area (Å²) in [5.41, 5.74) is 0.879. The van der Waals surface area contributed by atoms with E-state index in [0.717, 1.165) is 23.1 Å². The minimum atomic E-state index is -0.741. The molecule has 1 saturated heterocycles. The fourth-order valence-electron chi connectivity index (χ4n) is 2.40. The Morgan fingerprint density at radius 3 is 2.71 bits per heavy atom. The highest BCUT2D eigenvalue weighted by atomic mass is 79.9. The second-order valence-corrected chi connectivity index (χ2v) is 6.08. The van der Waals surface area contributed by atoms with Gasteiger partial charge in [0.05, 0.1) is 13.0 Å². The van der Waals surface area contributed by atoms with Gasteiger partial charge in [0.2, 0.25) is 11.8 Å². The van der Waals surface area contributed by atoms with Gasteiger partial charge in [-0.15, -0.1) is 10.2 Å². The fraction of sp³-hybridized carbons (Fsp3) is 0.357. The highest BCUT2D eigenvalue weighted by Gasteiger charge is 2.29. The Hall–Kier alpha value is -1.73. The summed E-state index contributed by atoms with van der Waals surface area (Å²) in [6.45, 7) is 2.10. The summed E-state index contributed by atoms with van der Waals surface area (Å²) in [4.78, 5) is 12.7. The summed E-state index contributed by atoms with van der Waals surface area (Å²) in [6.07, 6.45) is 0.227. The van der Waals surface area contributed by atoms with Crippen LogP contribution in [0.4, 0.5) is 0 Å². The van der Waals surface area contributed by atoms with Gasteiger partial charge in [-0.25, -0.2) is 0 Å². The van der Waals surface area contributed by atoms with Gasteiger partial charge < -0.3 is 9.52 Å². The summed E-state index contributed by atoms with van der Waals surface area (Å²) < 4.78 is 6.63. The van der Waals surface area contributed by atoms with Crippen molar-refractivity contribution >= 4 is 21.9 Å². The quantitative estimate of drug-likeness (QED) is 0.890. The lowest BCUT2D eigenvalue weighted by Crippen LogP contribution is -2.46. The van der Waals surface area contributed by atoms with Gasteiger partial charge >= 0.3 is 5.97 Å². The van der Waals surface area contributed by atoms with Crippen LogP contribution in [-0.2, 0) is 11.3 Å². The first-order chi connectivity index (χ1) is 10.1. The topological polar surface area (TPSA) is 79.5 Å². The number of carboxylic acid groups (broad SMARTS) is 1. The second-order valence-electron chi connectivity index (χ2n) is 5.17. The molecule has 0 amide bonds. The van der Waals surface area contributed by atoms with E-state index in [1.807, 2.05) is 24.3 Å². The van der Waals surface area contributed by atoms with E-state index in [1.54, 1.807) is 0 Å². The zero-order chi connectivity index (χ0) is 14.8. The van der Waals surface area contributed by atoms with Gasteiger partial charge in [0.1, 0.15) is 0 Å². The van der Waals surface area contributed by atoms with Crippen molar-refractivity contribution in [3.05, 3.63) is 34.6 Å². The van der Waals surface area contributed by atoms with Gasteiger partial charge in [-0.3, -0.25) is 9.69 Å². The van der Waals surface area contributed by atoms with Crippen molar-refractivity contribution < 1.29 is 14.3 Å². The third kappa shape index (κ3) is 3.48. The third-order valence-electron chi connectivity index (χ3n) is 3.41. The largest absolute Gasteiger partial charge is 0.481 e. The molecule has 2 heterocycles. The van der Waals surface area contributed by atoms with Gasteiger partial charge in [0, 0.05) is 23.1 Å². The molecule has 1 aromatic carbocycles. The predicted molar refractivity (Wildman–Crippen MR) is 78.5 cm³/mol. The van der Waals surface area contributed by atoms with Crippen LogP contribution in [-0.4, -0.2) is 39.3 Å². The number of carboxylic acids is 1. The standard InChI is InChI=1S/C14H14BrN3O3/c15-11-3-1-10(2-4-11)14-17-16-12(21-14)8-18-6-9(7-18)5-13(19)20/h1-4,9H,5-8H2,(H,19,20). The van der Waals surface area contributed by atoms with E-state index in [0.29, 0.717) is 18.3 Å². The van der Waals surface area contributed by atoms with Crippen molar-refractivity contribution in [1.29, 1.82) is 0 Å². The lowest BCUT2D eigenvalue weighted by molar-refractivity contribution is -0.139. The van der Waals surface area contributed by atoms with Crippen LogP contribution in [0, 0.1) is 5.92 Å². The number of hydrogen-bond donors (Lipinski definition) is 1. The van der Waals surface area contributed by atoms with E-state index in [1.165, 1.54) is 0 Å². The average molecular weight is 352 g/mol. The van der Waals surface area contributed by atoms with Gasteiger partial charge in [-0.05, 0) is 30.2 Å². The van der Waals surface area contributed by atoms with Crippen molar-refractivity contribution in [2.75, 3.05) is 13.1 Å². The van der Waals surface area contributed by atoms with Crippen molar-refractivity contribution in [2.45, 2.75) is 13.0 Å². The summed E-state index contributed by atoms with van der Waals surface area (Å²) in [7, 11) is 0. The number of hydrogen-bond acceptors (Lipinski definition) is 5. The molecule has 0 spiro atoms. The van der Waals surface area contributed by atoms with Crippen LogP contribution in [0.15, 0.2) is 33.2 Å².